The lowest BCUT2D eigenvalue weighted by Crippen LogP contribution is -2.09. The molecule has 4 nitrogen and oxygen atoms in total. The maximum Gasteiger partial charge on any atom is 0.305 e. The summed E-state index contributed by atoms with van der Waals surface area (Å²) in [6.45, 7) is 4.53. The standard InChI is InChI=1S/C9H18O4S/c1-8(2)5-6-13-9(10)4-3-7-14(11)12/h8H,3-7H2,1-2H3,(H,11,12)/p-1. The van der Waals surface area contributed by atoms with Gasteiger partial charge in [-0.25, -0.2) is 0 Å². The van der Waals surface area contributed by atoms with Crippen molar-refractivity contribution < 1.29 is 18.3 Å². The van der Waals surface area contributed by atoms with E-state index in [1.54, 1.807) is 0 Å². The molecule has 0 rings (SSSR count). The zero-order valence-electron chi connectivity index (χ0n) is 8.65. The van der Waals surface area contributed by atoms with Crippen LogP contribution in [0.2, 0.25) is 0 Å². The van der Waals surface area contributed by atoms with E-state index in [0.717, 1.165) is 6.42 Å². The molecule has 0 bridgehead atoms. The molecule has 0 amide bonds. The second kappa shape index (κ2) is 7.94. The summed E-state index contributed by atoms with van der Waals surface area (Å²) >= 11 is -2.05. The molecule has 0 aromatic heterocycles. The Morgan fingerprint density at radius 3 is 2.64 bits per heavy atom. The van der Waals surface area contributed by atoms with Gasteiger partial charge in [0.1, 0.15) is 0 Å². The fraction of sp³-hybridized carbons (Fsp3) is 0.889. The normalized spacial score (nSPS) is 12.9. The minimum atomic E-state index is -2.05. The van der Waals surface area contributed by atoms with E-state index < -0.39 is 11.1 Å². The van der Waals surface area contributed by atoms with Gasteiger partial charge in [-0.2, -0.15) is 0 Å². The van der Waals surface area contributed by atoms with E-state index in [2.05, 4.69) is 13.8 Å². The van der Waals surface area contributed by atoms with Crippen molar-refractivity contribution in [1.29, 1.82) is 0 Å². The van der Waals surface area contributed by atoms with E-state index in [-0.39, 0.29) is 18.1 Å². The van der Waals surface area contributed by atoms with Crippen LogP contribution in [-0.2, 0) is 20.6 Å². The molecule has 0 aromatic carbocycles. The van der Waals surface area contributed by atoms with Crippen molar-refractivity contribution in [1.82, 2.24) is 0 Å². The number of ether oxygens (including phenoxy) is 1. The maximum atomic E-state index is 11.0. The minimum Gasteiger partial charge on any atom is -0.772 e. The van der Waals surface area contributed by atoms with Crippen LogP contribution in [0.25, 0.3) is 0 Å². The van der Waals surface area contributed by atoms with Crippen molar-refractivity contribution in [3.63, 3.8) is 0 Å². The topological polar surface area (TPSA) is 66.4 Å². The van der Waals surface area contributed by atoms with Crippen molar-refractivity contribution in [3.05, 3.63) is 0 Å². The van der Waals surface area contributed by atoms with Crippen molar-refractivity contribution in [2.45, 2.75) is 33.1 Å². The molecular weight excluding hydrogens is 204 g/mol. The van der Waals surface area contributed by atoms with E-state index >= 15 is 0 Å². The molecule has 1 atom stereocenters. The summed E-state index contributed by atoms with van der Waals surface area (Å²) in [4.78, 5) is 11.0. The molecule has 5 heteroatoms. The average Bonchev–Trinajstić information content (AvgIpc) is 2.02. The van der Waals surface area contributed by atoms with Gasteiger partial charge >= 0.3 is 5.97 Å². The molecule has 0 saturated heterocycles. The third-order valence-electron chi connectivity index (χ3n) is 1.65. The van der Waals surface area contributed by atoms with Crippen LogP contribution >= 0.6 is 0 Å². The van der Waals surface area contributed by atoms with Gasteiger partial charge in [0.05, 0.1) is 6.61 Å². The highest BCUT2D eigenvalue weighted by Gasteiger charge is 2.02. The lowest BCUT2D eigenvalue weighted by molar-refractivity contribution is -0.143. The molecule has 84 valence electrons. The fourth-order valence-electron chi connectivity index (χ4n) is 0.815. The van der Waals surface area contributed by atoms with Crippen LogP contribution in [0.1, 0.15) is 33.1 Å². The smallest absolute Gasteiger partial charge is 0.305 e. The Labute approximate surface area is 87.3 Å². The lowest BCUT2D eigenvalue weighted by Gasteiger charge is -2.07. The highest BCUT2D eigenvalue weighted by atomic mass is 32.2. The van der Waals surface area contributed by atoms with Crippen LogP contribution < -0.4 is 0 Å². The van der Waals surface area contributed by atoms with Gasteiger partial charge in [-0.3, -0.25) is 9.00 Å². The molecule has 0 fully saturated rings. The molecule has 14 heavy (non-hydrogen) atoms. The molecule has 0 aromatic rings. The number of hydrogen-bond acceptors (Lipinski definition) is 4. The lowest BCUT2D eigenvalue weighted by atomic mass is 10.1. The number of esters is 1. The third kappa shape index (κ3) is 9.67. The first-order chi connectivity index (χ1) is 6.52. The van der Waals surface area contributed by atoms with Gasteiger partial charge in [0.15, 0.2) is 0 Å². The minimum absolute atomic E-state index is 0.0271. The van der Waals surface area contributed by atoms with Gasteiger partial charge in [-0.1, -0.05) is 24.9 Å². The maximum absolute atomic E-state index is 11.0. The first-order valence-corrected chi connectivity index (χ1v) is 5.98. The van der Waals surface area contributed by atoms with E-state index in [9.17, 15) is 13.6 Å². The first kappa shape index (κ1) is 13.6. The first-order valence-electron chi connectivity index (χ1n) is 4.74. The monoisotopic (exact) mass is 221 g/mol. The number of hydrogen-bond donors (Lipinski definition) is 0. The van der Waals surface area contributed by atoms with Crippen LogP contribution in [0.15, 0.2) is 0 Å². The Balaban J connectivity index is 3.33. The van der Waals surface area contributed by atoms with Crippen LogP contribution in [0.4, 0.5) is 0 Å². The summed E-state index contributed by atoms with van der Waals surface area (Å²) in [6.07, 6.45) is 1.38. The Morgan fingerprint density at radius 1 is 1.50 bits per heavy atom. The van der Waals surface area contributed by atoms with E-state index in [1.165, 1.54) is 0 Å². The van der Waals surface area contributed by atoms with Gasteiger partial charge in [0.2, 0.25) is 0 Å². The molecule has 0 aliphatic heterocycles. The van der Waals surface area contributed by atoms with E-state index in [0.29, 0.717) is 18.9 Å². The highest BCUT2D eigenvalue weighted by Crippen LogP contribution is 2.01. The molecule has 0 radical (unpaired) electrons. The Hall–Kier alpha value is -0.420. The summed E-state index contributed by atoms with van der Waals surface area (Å²) < 4.78 is 25.2. The van der Waals surface area contributed by atoms with Gasteiger partial charge in [0, 0.05) is 12.2 Å². The second-order valence-corrected chi connectivity index (χ2v) is 4.53. The fourth-order valence-corrected chi connectivity index (χ4v) is 1.20. The average molecular weight is 221 g/mol. The summed E-state index contributed by atoms with van der Waals surface area (Å²) in [7, 11) is 0. The SMILES string of the molecule is CC(C)CCOC(=O)CCCS(=O)[O-]. The molecule has 0 saturated carbocycles. The predicted octanol–water partition coefficient (Wildman–Crippen LogP) is 1.24. The van der Waals surface area contributed by atoms with Crippen LogP contribution in [0, 0.1) is 5.92 Å². The van der Waals surface area contributed by atoms with Gasteiger partial charge in [0.25, 0.3) is 0 Å². The van der Waals surface area contributed by atoms with Crippen LogP contribution in [0.3, 0.4) is 0 Å². The third-order valence-corrected chi connectivity index (χ3v) is 2.27. The largest absolute Gasteiger partial charge is 0.772 e. The molecule has 0 heterocycles. The summed E-state index contributed by atoms with van der Waals surface area (Å²) in [5.74, 6) is 0.229. The quantitative estimate of drug-likeness (QED) is 0.479. The van der Waals surface area contributed by atoms with Crippen molar-refractivity contribution in [2.75, 3.05) is 12.4 Å². The number of carbonyl (C=O) groups is 1. The van der Waals surface area contributed by atoms with Gasteiger partial charge < -0.3 is 9.29 Å². The number of carbonyl (C=O) groups excluding carboxylic acids is 1. The summed E-state index contributed by atoms with van der Waals surface area (Å²) in [5.41, 5.74) is 0. The molecular formula is C9H17O4S-. The molecule has 0 N–H and O–H groups in total. The van der Waals surface area contributed by atoms with Crippen molar-refractivity contribution in [2.24, 2.45) is 5.92 Å². The number of rotatable bonds is 7. The molecule has 0 aliphatic carbocycles. The predicted molar refractivity (Wildman–Crippen MR) is 53.4 cm³/mol. The molecule has 0 aliphatic rings. The Bertz CT molecular complexity index is 191. The van der Waals surface area contributed by atoms with Gasteiger partial charge in [-0.15, -0.1) is 0 Å². The zero-order valence-corrected chi connectivity index (χ0v) is 9.47. The van der Waals surface area contributed by atoms with Gasteiger partial charge in [-0.05, 0) is 18.8 Å². The van der Waals surface area contributed by atoms with E-state index in [4.69, 9.17) is 4.74 Å². The second-order valence-electron chi connectivity index (χ2n) is 3.51. The molecule has 0 spiro atoms. The zero-order chi connectivity index (χ0) is 11.0. The Morgan fingerprint density at radius 2 is 2.14 bits per heavy atom. The highest BCUT2D eigenvalue weighted by molar-refractivity contribution is 7.79. The molecule has 1 unspecified atom stereocenters. The van der Waals surface area contributed by atoms with Crippen molar-refractivity contribution in [3.8, 4) is 0 Å². The summed E-state index contributed by atoms with van der Waals surface area (Å²) in [6, 6.07) is 0. The Kier molecular flexibility index (Phi) is 7.70. The van der Waals surface area contributed by atoms with Crippen molar-refractivity contribution >= 4 is 17.0 Å². The van der Waals surface area contributed by atoms with E-state index in [1.807, 2.05) is 0 Å². The van der Waals surface area contributed by atoms with Crippen LogP contribution in [0.5, 0.6) is 0 Å². The summed E-state index contributed by atoms with van der Waals surface area (Å²) in [5, 5.41) is 0. The van der Waals surface area contributed by atoms with Crippen LogP contribution in [-0.4, -0.2) is 27.1 Å².